The van der Waals surface area contributed by atoms with Gasteiger partial charge in [-0.05, 0) is 50.4 Å². The first-order chi connectivity index (χ1) is 10.8. The smallest absolute Gasteiger partial charge is 0.198 e. The van der Waals surface area contributed by atoms with E-state index in [0.717, 1.165) is 25.5 Å². The van der Waals surface area contributed by atoms with Crippen molar-refractivity contribution in [2.24, 2.45) is 4.99 Å². The van der Waals surface area contributed by atoms with Crippen LogP contribution < -0.4 is 10.2 Å². The molecule has 4 heteroatoms. The van der Waals surface area contributed by atoms with Crippen molar-refractivity contribution in [2.75, 3.05) is 38.1 Å². The Kier molecular flexibility index (Phi) is 4.98. The second kappa shape index (κ2) is 7.14. The SMILES string of the molecule is CCC(CNC(=NC)N1CCc2ccccc21)N1CCCC1. The van der Waals surface area contributed by atoms with Crippen molar-refractivity contribution in [3.8, 4) is 0 Å². The van der Waals surface area contributed by atoms with Gasteiger partial charge in [-0.2, -0.15) is 0 Å². The number of benzene rings is 1. The molecule has 2 heterocycles. The summed E-state index contributed by atoms with van der Waals surface area (Å²) in [5, 5.41) is 3.61. The molecule has 0 saturated carbocycles. The normalized spacial score (nSPS) is 20.3. The number of aliphatic imine (C=N–C) groups is 1. The minimum Gasteiger partial charge on any atom is -0.354 e. The number of nitrogens with zero attached hydrogens (tertiary/aromatic N) is 3. The van der Waals surface area contributed by atoms with Crippen LogP contribution in [0.25, 0.3) is 0 Å². The van der Waals surface area contributed by atoms with Crippen LogP contribution in [0.5, 0.6) is 0 Å². The van der Waals surface area contributed by atoms with Crippen LogP contribution in [0.1, 0.15) is 31.7 Å². The van der Waals surface area contributed by atoms with Gasteiger partial charge in [0.05, 0.1) is 0 Å². The van der Waals surface area contributed by atoms with E-state index >= 15 is 0 Å². The highest BCUT2D eigenvalue weighted by atomic mass is 15.3. The molecule has 0 aromatic heterocycles. The van der Waals surface area contributed by atoms with Crippen molar-refractivity contribution in [2.45, 2.75) is 38.6 Å². The maximum Gasteiger partial charge on any atom is 0.198 e. The van der Waals surface area contributed by atoms with Crippen molar-refractivity contribution in [3.05, 3.63) is 29.8 Å². The highest BCUT2D eigenvalue weighted by molar-refractivity contribution is 5.97. The first kappa shape index (κ1) is 15.3. The minimum atomic E-state index is 0.622. The van der Waals surface area contributed by atoms with Gasteiger partial charge in [0.2, 0.25) is 0 Å². The van der Waals surface area contributed by atoms with Gasteiger partial charge in [-0.3, -0.25) is 9.89 Å². The van der Waals surface area contributed by atoms with Gasteiger partial charge in [-0.15, -0.1) is 0 Å². The molecule has 1 unspecified atom stereocenters. The third-order valence-electron chi connectivity index (χ3n) is 4.98. The zero-order chi connectivity index (χ0) is 15.4. The zero-order valence-corrected chi connectivity index (χ0v) is 13.9. The second-order valence-corrected chi connectivity index (χ2v) is 6.26. The minimum absolute atomic E-state index is 0.622. The van der Waals surface area contributed by atoms with Crippen LogP contribution >= 0.6 is 0 Å². The molecule has 120 valence electrons. The molecule has 1 N–H and O–H groups in total. The van der Waals surface area contributed by atoms with E-state index in [1.807, 2.05) is 7.05 Å². The molecule has 1 aromatic carbocycles. The molecule has 0 radical (unpaired) electrons. The van der Waals surface area contributed by atoms with Crippen molar-refractivity contribution in [1.29, 1.82) is 0 Å². The second-order valence-electron chi connectivity index (χ2n) is 6.26. The van der Waals surface area contributed by atoms with Gasteiger partial charge in [0.15, 0.2) is 5.96 Å². The molecule has 0 amide bonds. The van der Waals surface area contributed by atoms with E-state index in [-0.39, 0.29) is 0 Å². The van der Waals surface area contributed by atoms with E-state index in [1.165, 1.54) is 43.6 Å². The number of anilines is 1. The lowest BCUT2D eigenvalue weighted by molar-refractivity contribution is 0.236. The van der Waals surface area contributed by atoms with Crippen LogP contribution in [0, 0.1) is 0 Å². The zero-order valence-electron chi connectivity index (χ0n) is 13.9. The summed E-state index contributed by atoms with van der Waals surface area (Å²) in [5.74, 6) is 1.02. The molecule has 22 heavy (non-hydrogen) atoms. The number of likely N-dealkylation sites (tertiary alicyclic amines) is 1. The predicted molar refractivity (Wildman–Crippen MR) is 93.7 cm³/mol. The molecule has 2 aliphatic rings. The van der Waals surface area contributed by atoms with E-state index in [9.17, 15) is 0 Å². The van der Waals surface area contributed by atoms with E-state index < -0.39 is 0 Å². The average Bonchev–Trinajstić information content (AvgIpc) is 3.22. The summed E-state index contributed by atoms with van der Waals surface area (Å²) in [6.07, 6.45) is 5.01. The molecule has 0 spiro atoms. The van der Waals surface area contributed by atoms with Crippen molar-refractivity contribution < 1.29 is 0 Å². The topological polar surface area (TPSA) is 30.9 Å². The molecular formula is C18H28N4. The Morgan fingerprint density at radius 2 is 2.00 bits per heavy atom. The Morgan fingerprint density at radius 1 is 1.23 bits per heavy atom. The van der Waals surface area contributed by atoms with E-state index in [0.29, 0.717) is 6.04 Å². The van der Waals surface area contributed by atoms with Crippen LogP contribution in [0.3, 0.4) is 0 Å². The lowest BCUT2D eigenvalue weighted by Gasteiger charge is -2.29. The highest BCUT2D eigenvalue weighted by Crippen LogP contribution is 2.27. The van der Waals surface area contributed by atoms with Gasteiger partial charge in [0, 0.05) is 31.9 Å². The first-order valence-corrected chi connectivity index (χ1v) is 8.63. The van der Waals surface area contributed by atoms with E-state index in [4.69, 9.17) is 0 Å². The molecule has 4 nitrogen and oxygen atoms in total. The Labute approximate surface area is 134 Å². The van der Waals surface area contributed by atoms with Crippen LogP contribution in [0.15, 0.2) is 29.3 Å². The Balaban J connectivity index is 1.63. The van der Waals surface area contributed by atoms with Gasteiger partial charge in [-0.1, -0.05) is 25.1 Å². The predicted octanol–water partition coefficient (Wildman–Crippen LogP) is 2.50. The summed E-state index contributed by atoms with van der Waals surface area (Å²) in [6, 6.07) is 9.29. The first-order valence-electron chi connectivity index (χ1n) is 8.63. The molecule has 1 atom stereocenters. The van der Waals surface area contributed by atoms with Gasteiger partial charge in [0.25, 0.3) is 0 Å². The van der Waals surface area contributed by atoms with Gasteiger partial charge < -0.3 is 10.2 Å². The number of guanidine groups is 1. The quantitative estimate of drug-likeness (QED) is 0.685. The lowest BCUT2D eigenvalue weighted by Crippen LogP contribution is -2.47. The van der Waals surface area contributed by atoms with Crippen LogP contribution in [-0.2, 0) is 6.42 Å². The number of rotatable bonds is 4. The molecule has 1 fully saturated rings. The monoisotopic (exact) mass is 300 g/mol. The number of nitrogens with one attached hydrogen (secondary N) is 1. The lowest BCUT2D eigenvalue weighted by atomic mass is 10.2. The molecule has 0 bridgehead atoms. The third kappa shape index (κ3) is 3.12. The average molecular weight is 300 g/mol. The maximum atomic E-state index is 4.51. The van der Waals surface area contributed by atoms with Gasteiger partial charge in [0.1, 0.15) is 0 Å². The van der Waals surface area contributed by atoms with E-state index in [2.05, 4.69) is 51.3 Å². The van der Waals surface area contributed by atoms with Gasteiger partial charge >= 0.3 is 0 Å². The van der Waals surface area contributed by atoms with Crippen LogP contribution in [0.2, 0.25) is 0 Å². The summed E-state index contributed by atoms with van der Waals surface area (Å²) in [5.41, 5.74) is 2.74. The Hall–Kier alpha value is -1.55. The fourth-order valence-electron chi connectivity index (χ4n) is 3.70. The summed E-state index contributed by atoms with van der Waals surface area (Å²) in [4.78, 5) is 9.46. The molecule has 1 saturated heterocycles. The number of hydrogen-bond donors (Lipinski definition) is 1. The number of fused-ring (bicyclic) bond motifs is 1. The van der Waals surface area contributed by atoms with Crippen molar-refractivity contribution in [3.63, 3.8) is 0 Å². The van der Waals surface area contributed by atoms with E-state index in [1.54, 1.807) is 0 Å². The fraction of sp³-hybridized carbons (Fsp3) is 0.611. The maximum absolute atomic E-state index is 4.51. The highest BCUT2D eigenvalue weighted by Gasteiger charge is 2.24. The van der Waals surface area contributed by atoms with Gasteiger partial charge in [-0.25, -0.2) is 0 Å². The third-order valence-corrected chi connectivity index (χ3v) is 4.98. The largest absolute Gasteiger partial charge is 0.354 e. The molecule has 1 aromatic rings. The summed E-state index contributed by atoms with van der Waals surface area (Å²) in [6.45, 7) is 6.82. The Morgan fingerprint density at radius 3 is 2.73 bits per heavy atom. The fourth-order valence-corrected chi connectivity index (χ4v) is 3.70. The van der Waals surface area contributed by atoms with Crippen molar-refractivity contribution >= 4 is 11.6 Å². The summed E-state index contributed by atoms with van der Waals surface area (Å²) < 4.78 is 0. The van der Waals surface area contributed by atoms with Crippen LogP contribution in [0.4, 0.5) is 5.69 Å². The molecule has 2 aliphatic heterocycles. The number of para-hydroxylation sites is 1. The molecular weight excluding hydrogens is 272 g/mol. The summed E-state index contributed by atoms with van der Waals surface area (Å²) in [7, 11) is 1.89. The molecule has 0 aliphatic carbocycles. The summed E-state index contributed by atoms with van der Waals surface area (Å²) >= 11 is 0. The number of hydrogen-bond acceptors (Lipinski definition) is 2. The Bertz CT molecular complexity index is 520. The molecule has 3 rings (SSSR count). The van der Waals surface area contributed by atoms with Crippen LogP contribution in [-0.4, -0.2) is 50.1 Å². The van der Waals surface area contributed by atoms with Crippen molar-refractivity contribution in [1.82, 2.24) is 10.2 Å². The standard InChI is InChI=1S/C18H28N4/c1-3-16(21-11-6-7-12-21)14-20-18(19-2)22-13-10-15-8-4-5-9-17(15)22/h4-5,8-9,16H,3,6-7,10-14H2,1-2H3,(H,19,20).